The zero-order chi connectivity index (χ0) is 14.7. The number of rotatable bonds is 6. The largest absolute Gasteiger partial charge is 0.460 e. The summed E-state index contributed by atoms with van der Waals surface area (Å²) in [5.41, 5.74) is 3.52. The molecule has 2 rings (SSSR count). The maximum atomic E-state index is 9.34. The van der Waals surface area contributed by atoms with Crippen molar-refractivity contribution in [3.8, 4) is 0 Å². The van der Waals surface area contributed by atoms with E-state index in [4.69, 9.17) is 4.42 Å². The number of aliphatic hydroxyl groups is 1. The van der Waals surface area contributed by atoms with Crippen molar-refractivity contribution in [3.63, 3.8) is 0 Å². The molecule has 0 saturated carbocycles. The van der Waals surface area contributed by atoms with Crippen molar-refractivity contribution >= 4 is 11.0 Å². The monoisotopic (exact) mass is 275 g/mol. The molecule has 0 amide bonds. The van der Waals surface area contributed by atoms with Crippen LogP contribution in [0.25, 0.3) is 11.0 Å². The van der Waals surface area contributed by atoms with E-state index < -0.39 is 0 Å². The summed E-state index contributed by atoms with van der Waals surface area (Å²) in [5.74, 6) is 1.43. The molecular formula is C17H25NO2. The molecule has 3 nitrogen and oxygen atoms in total. The summed E-state index contributed by atoms with van der Waals surface area (Å²) in [7, 11) is 0. The molecule has 1 aromatic heterocycles. The third kappa shape index (κ3) is 3.84. The molecule has 0 saturated heterocycles. The normalized spacial score (nSPS) is 14.7. The zero-order valence-corrected chi connectivity index (χ0v) is 12.9. The third-order valence-electron chi connectivity index (χ3n) is 3.72. The van der Waals surface area contributed by atoms with E-state index >= 15 is 0 Å². The molecular weight excluding hydrogens is 250 g/mol. The summed E-state index contributed by atoms with van der Waals surface area (Å²) in [6.07, 6.45) is 0.592. The van der Waals surface area contributed by atoms with Gasteiger partial charge in [0.1, 0.15) is 11.3 Å². The van der Waals surface area contributed by atoms with E-state index in [0.717, 1.165) is 30.9 Å². The van der Waals surface area contributed by atoms with Crippen LogP contribution in [0.4, 0.5) is 0 Å². The molecule has 0 aliphatic rings. The number of hydrogen-bond donors (Lipinski definition) is 2. The topological polar surface area (TPSA) is 45.4 Å². The van der Waals surface area contributed by atoms with Crippen molar-refractivity contribution in [3.05, 3.63) is 35.1 Å². The van der Waals surface area contributed by atoms with Crippen LogP contribution in [0.1, 0.15) is 37.2 Å². The van der Waals surface area contributed by atoms with Crippen molar-refractivity contribution < 1.29 is 9.52 Å². The van der Waals surface area contributed by atoms with Gasteiger partial charge in [0.15, 0.2) is 0 Å². The van der Waals surface area contributed by atoms with Crippen LogP contribution < -0.4 is 5.32 Å². The van der Waals surface area contributed by atoms with Crippen LogP contribution in [-0.2, 0) is 6.54 Å². The summed E-state index contributed by atoms with van der Waals surface area (Å²) in [6.45, 7) is 9.83. The summed E-state index contributed by atoms with van der Waals surface area (Å²) >= 11 is 0. The van der Waals surface area contributed by atoms with Gasteiger partial charge in [-0.25, -0.2) is 0 Å². The number of furan rings is 1. The Kier molecular flexibility index (Phi) is 4.84. The standard InChI is InChI=1S/C17H25NO2/c1-11(5-14(4)19)9-18-10-16-8-15-6-12(2)13(3)7-17(15)20-16/h6-8,11,14,18-19H,5,9-10H2,1-4H3. The van der Waals surface area contributed by atoms with Gasteiger partial charge in [0.05, 0.1) is 12.6 Å². The number of nitrogens with one attached hydrogen (secondary N) is 1. The summed E-state index contributed by atoms with van der Waals surface area (Å²) in [4.78, 5) is 0. The van der Waals surface area contributed by atoms with Crippen molar-refractivity contribution in [2.24, 2.45) is 5.92 Å². The van der Waals surface area contributed by atoms with Gasteiger partial charge in [-0.15, -0.1) is 0 Å². The molecule has 2 atom stereocenters. The van der Waals surface area contributed by atoms with Crippen molar-refractivity contribution in [1.82, 2.24) is 5.32 Å². The lowest BCUT2D eigenvalue weighted by atomic mass is 10.0. The Morgan fingerprint density at radius 1 is 1.15 bits per heavy atom. The molecule has 0 fully saturated rings. The first-order valence-corrected chi connectivity index (χ1v) is 7.34. The fourth-order valence-electron chi connectivity index (χ4n) is 2.55. The molecule has 0 spiro atoms. The van der Waals surface area contributed by atoms with E-state index in [9.17, 15) is 5.11 Å². The molecule has 20 heavy (non-hydrogen) atoms. The Balaban J connectivity index is 1.94. The number of fused-ring (bicyclic) bond motifs is 1. The number of aryl methyl sites for hydroxylation is 2. The van der Waals surface area contributed by atoms with Crippen molar-refractivity contribution in [2.75, 3.05) is 6.54 Å². The first-order valence-electron chi connectivity index (χ1n) is 7.34. The van der Waals surface area contributed by atoms with E-state index in [1.807, 2.05) is 6.92 Å². The second-order valence-corrected chi connectivity index (χ2v) is 6.01. The molecule has 0 bridgehead atoms. The summed E-state index contributed by atoms with van der Waals surface area (Å²) in [5, 5.41) is 13.9. The lowest BCUT2D eigenvalue weighted by Crippen LogP contribution is -2.22. The van der Waals surface area contributed by atoms with Crippen LogP contribution >= 0.6 is 0 Å². The molecule has 0 aliphatic carbocycles. The number of hydrogen-bond acceptors (Lipinski definition) is 3. The lowest BCUT2D eigenvalue weighted by Gasteiger charge is -2.13. The van der Waals surface area contributed by atoms with Crippen LogP contribution in [0.15, 0.2) is 22.6 Å². The first kappa shape index (κ1) is 15.1. The highest BCUT2D eigenvalue weighted by atomic mass is 16.3. The fourth-order valence-corrected chi connectivity index (χ4v) is 2.55. The Morgan fingerprint density at radius 3 is 2.55 bits per heavy atom. The van der Waals surface area contributed by atoms with Crippen LogP contribution in [0.5, 0.6) is 0 Å². The van der Waals surface area contributed by atoms with Crippen LogP contribution in [-0.4, -0.2) is 17.8 Å². The van der Waals surface area contributed by atoms with E-state index in [1.54, 1.807) is 0 Å². The number of aliphatic hydroxyl groups excluding tert-OH is 1. The van der Waals surface area contributed by atoms with Gasteiger partial charge in [0.2, 0.25) is 0 Å². The molecule has 1 aromatic carbocycles. The van der Waals surface area contributed by atoms with Crippen molar-refractivity contribution in [2.45, 2.75) is 46.8 Å². The highest BCUT2D eigenvalue weighted by Crippen LogP contribution is 2.23. The van der Waals surface area contributed by atoms with Gasteiger partial charge in [-0.3, -0.25) is 0 Å². The molecule has 0 aliphatic heterocycles. The maximum absolute atomic E-state index is 9.34. The fraction of sp³-hybridized carbons (Fsp3) is 0.529. The Labute approximate surface area is 121 Å². The highest BCUT2D eigenvalue weighted by Gasteiger charge is 2.08. The van der Waals surface area contributed by atoms with E-state index in [-0.39, 0.29) is 6.10 Å². The molecule has 0 radical (unpaired) electrons. The summed E-state index contributed by atoms with van der Waals surface area (Å²) < 4.78 is 5.85. The van der Waals surface area contributed by atoms with E-state index in [0.29, 0.717) is 5.92 Å². The second-order valence-electron chi connectivity index (χ2n) is 6.01. The molecule has 3 heteroatoms. The van der Waals surface area contributed by atoms with Crippen LogP contribution in [0.2, 0.25) is 0 Å². The minimum atomic E-state index is -0.232. The minimum absolute atomic E-state index is 0.232. The average molecular weight is 275 g/mol. The smallest absolute Gasteiger partial charge is 0.134 e. The Hall–Kier alpha value is -1.32. The van der Waals surface area contributed by atoms with Crippen LogP contribution in [0, 0.1) is 19.8 Å². The van der Waals surface area contributed by atoms with Gasteiger partial charge in [-0.2, -0.15) is 0 Å². The van der Waals surface area contributed by atoms with Gasteiger partial charge in [0, 0.05) is 5.39 Å². The zero-order valence-electron chi connectivity index (χ0n) is 12.9. The summed E-state index contributed by atoms with van der Waals surface area (Å²) in [6, 6.07) is 6.38. The Bertz CT molecular complexity index is 533. The Morgan fingerprint density at radius 2 is 1.85 bits per heavy atom. The predicted octanol–water partition coefficient (Wildman–Crippen LogP) is 3.55. The van der Waals surface area contributed by atoms with Gasteiger partial charge in [-0.05, 0) is 69.0 Å². The highest BCUT2D eigenvalue weighted by molar-refractivity contribution is 5.79. The van der Waals surface area contributed by atoms with Gasteiger partial charge >= 0.3 is 0 Å². The maximum Gasteiger partial charge on any atom is 0.134 e. The number of benzene rings is 1. The van der Waals surface area contributed by atoms with Gasteiger partial charge in [-0.1, -0.05) is 6.92 Å². The quantitative estimate of drug-likeness (QED) is 0.847. The molecule has 2 unspecified atom stereocenters. The average Bonchev–Trinajstić information content (AvgIpc) is 2.70. The molecule has 2 N–H and O–H groups in total. The van der Waals surface area contributed by atoms with Gasteiger partial charge < -0.3 is 14.8 Å². The first-order chi connectivity index (χ1) is 9.45. The van der Waals surface area contributed by atoms with Gasteiger partial charge in [0.25, 0.3) is 0 Å². The molecule has 1 heterocycles. The lowest BCUT2D eigenvalue weighted by molar-refractivity contribution is 0.163. The van der Waals surface area contributed by atoms with E-state index in [1.165, 1.54) is 16.5 Å². The van der Waals surface area contributed by atoms with Crippen molar-refractivity contribution in [1.29, 1.82) is 0 Å². The van der Waals surface area contributed by atoms with Crippen LogP contribution in [0.3, 0.4) is 0 Å². The minimum Gasteiger partial charge on any atom is -0.460 e. The molecule has 110 valence electrons. The van der Waals surface area contributed by atoms with E-state index in [2.05, 4.69) is 44.3 Å². The third-order valence-corrected chi connectivity index (χ3v) is 3.72. The second kappa shape index (κ2) is 6.42. The SMILES string of the molecule is Cc1cc2cc(CNCC(C)CC(C)O)oc2cc1C. The predicted molar refractivity (Wildman–Crippen MR) is 82.9 cm³/mol. The molecule has 2 aromatic rings.